The second-order valence-corrected chi connectivity index (χ2v) is 7.05. The van der Waals surface area contributed by atoms with E-state index in [-0.39, 0.29) is 11.9 Å². The molecule has 1 amide bonds. The van der Waals surface area contributed by atoms with E-state index in [0.717, 1.165) is 49.8 Å². The van der Waals surface area contributed by atoms with Gasteiger partial charge >= 0.3 is 0 Å². The Kier molecular flexibility index (Phi) is 4.77. The lowest BCUT2D eigenvalue weighted by molar-refractivity contribution is -0.137. The van der Waals surface area contributed by atoms with Crippen molar-refractivity contribution in [2.75, 3.05) is 26.2 Å². The van der Waals surface area contributed by atoms with Crippen LogP contribution in [0, 0.1) is 12.3 Å². The summed E-state index contributed by atoms with van der Waals surface area (Å²) in [5.41, 5.74) is 3.40. The number of pyridine rings is 1. The van der Waals surface area contributed by atoms with Crippen molar-refractivity contribution in [1.82, 2.24) is 19.8 Å². The van der Waals surface area contributed by atoms with Gasteiger partial charge in [0.2, 0.25) is 5.91 Å². The Morgan fingerprint density at radius 3 is 3.12 bits per heavy atom. The van der Waals surface area contributed by atoms with E-state index in [4.69, 9.17) is 6.42 Å². The minimum Gasteiger partial charge on any atom is -0.346 e. The zero-order valence-corrected chi connectivity index (χ0v) is 14.9. The summed E-state index contributed by atoms with van der Waals surface area (Å²) >= 11 is 0. The molecular weight excluding hydrogens is 324 g/mol. The largest absolute Gasteiger partial charge is 0.346 e. The summed E-state index contributed by atoms with van der Waals surface area (Å²) in [6.45, 7) is 2.92. The van der Waals surface area contributed by atoms with Crippen molar-refractivity contribution in [2.24, 2.45) is 0 Å². The van der Waals surface area contributed by atoms with Crippen LogP contribution in [0.15, 0.2) is 30.6 Å². The van der Waals surface area contributed by atoms with Crippen molar-refractivity contribution in [3.05, 3.63) is 36.2 Å². The van der Waals surface area contributed by atoms with Crippen molar-refractivity contribution < 1.29 is 4.79 Å². The molecule has 1 N–H and O–H groups in total. The summed E-state index contributed by atoms with van der Waals surface area (Å²) in [5, 5.41) is 1.14. The number of rotatable bonds is 3. The summed E-state index contributed by atoms with van der Waals surface area (Å²) < 4.78 is 0. The molecule has 5 heteroatoms. The van der Waals surface area contributed by atoms with Gasteiger partial charge in [0.05, 0.1) is 12.6 Å². The predicted octanol–water partition coefficient (Wildman–Crippen LogP) is 2.67. The minimum atomic E-state index is -0.0490. The third-order valence-electron chi connectivity index (χ3n) is 5.51. The molecule has 1 atom stereocenters. The topological polar surface area (TPSA) is 52.2 Å². The van der Waals surface area contributed by atoms with Gasteiger partial charge in [-0.1, -0.05) is 18.4 Å². The van der Waals surface area contributed by atoms with Crippen molar-refractivity contribution >= 4 is 22.5 Å². The average molecular weight is 348 g/mol. The summed E-state index contributed by atoms with van der Waals surface area (Å²) in [5.74, 6) is 2.93. The molecule has 0 radical (unpaired) electrons. The van der Waals surface area contributed by atoms with Gasteiger partial charge in [-0.3, -0.25) is 9.69 Å². The van der Waals surface area contributed by atoms with Gasteiger partial charge in [0.15, 0.2) is 0 Å². The minimum absolute atomic E-state index is 0.0490. The van der Waals surface area contributed by atoms with E-state index in [2.05, 4.69) is 32.9 Å². The number of piperidine rings is 1. The molecule has 2 aromatic heterocycles. The molecule has 0 spiro atoms. The molecule has 1 fully saturated rings. The number of amides is 1. The quantitative estimate of drug-likeness (QED) is 0.868. The highest BCUT2D eigenvalue weighted by Gasteiger charge is 2.32. The molecule has 5 nitrogen and oxygen atoms in total. The fourth-order valence-electron chi connectivity index (χ4n) is 4.12. The van der Waals surface area contributed by atoms with Crippen LogP contribution in [0.1, 0.15) is 31.2 Å². The Bertz CT molecular complexity index is 876. The Balaban J connectivity index is 1.48. The SMILES string of the molecule is C#CCN1CCCCC1C(=O)N1CC=C(c2c[nH]c3ncccc23)CC1. The molecule has 2 aliphatic heterocycles. The predicted molar refractivity (Wildman–Crippen MR) is 103 cm³/mol. The van der Waals surface area contributed by atoms with E-state index < -0.39 is 0 Å². The van der Waals surface area contributed by atoms with Gasteiger partial charge in [0, 0.05) is 36.4 Å². The van der Waals surface area contributed by atoms with Gasteiger partial charge < -0.3 is 9.88 Å². The monoisotopic (exact) mass is 348 g/mol. The van der Waals surface area contributed by atoms with Gasteiger partial charge in [-0.05, 0) is 43.5 Å². The highest BCUT2D eigenvalue weighted by molar-refractivity contribution is 5.91. The van der Waals surface area contributed by atoms with Gasteiger partial charge in [0.25, 0.3) is 0 Å². The number of likely N-dealkylation sites (tertiary alicyclic amines) is 1. The van der Waals surface area contributed by atoms with E-state index in [1.54, 1.807) is 6.20 Å². The number of nitrogens with zero attached hydrogens (tertiary/aromatic N) is 3. The summed E-state index contributed by atoms with van der Waals surface area (Å²) in [7, 11) is 0. The first-order chi connectivity index (χ1) is 12.8. The van der Waals surface area contributed by atoms with Crippen LogP contribution in [0.25, 0.3) is 16.6 Å². The number of fused-ring (bicyclic) bond motifs is 1. The lowest BCUT2D eigenvalue weighted by atomic mass is 9.97. The highest BCUT2D eigenvalue weighted by Crippen LogP contribution is 2.29. The van der Waals surface area contributed by atoms with E-state index in [1.807, 2.05) is 17.2 Å². The second kappa shape index (κ2) is 7.35. The Labute approximate surface area is 154 Å². The number of nitrogens with one attached hydrogen (secondary N) is 1. The third-order valence-corrected chi connectivity index (χ3v) is 5.51. The molecule has 0 aliphatic carbocycles. The summed E-state index contributed by atoms with van der Waals surface area (Å²) in [6, 6.07) is 4.00. The van der Waals surface area contributed by atoms with Crippen LogP contribution < -0.4 is 0 Å². The highest BCUT2D eigenvalue weighted by atomic mass is 16.2. The Morgan fingerprint density at radius 1 is 1.38 bits per heavy atom. The van der Waals surface area contributed by atoms with Gasteiger partial charge in [-0.25, -0.2) is 4.98 Å². The number of aromatic nitrogens is 2. The molecule has 134 valence electrons. The van der Waals surface area contributed by atoms with E-state index in [1.165, 1.54) is 11.1 Å². The lowest BCUT2D eigenvalue weighted by Crippen LogP contribution is -2.51. The molecule has 2 aliphatic rings. The van der Waals surface area contributed by atoms with E-state index in [9.17, 15) is 4.79 Å². The van der Waals surface area contributed by atoms with Crippen LogP contribution in [-0.4, -0.2) is 57.9 Å². The van der Waals surface area contributed by atoms with Crippen LogP contribution in [0.5, 0.6) is 0 Å². The van der Waals surface area contributed by atoms with Crippen LogP contribution >= 0.6 is 0 Å². The molecule has 0 aromatic carbocycles. The number of hydrogen-bond donors (Lipinski definition) is 1. The van der Waals surface area contributed by atoms with Gasteiger partial charge in [-0.15, -0.1) is 6.42 Å². The average Bonchev–Trinajstić information content (AvgIpc) is 3.12. The third kappa shape index (κ3) is 3.13. The second-order valence-electron chi connectivity index (χ2n) is 7.05. The number of carbonyl (C=O) groups excluding carboxylic acids is 1. The molecule has 26 heavy (non-hydrogen) atoms. The molecule has 4 rings (SSSR count). The molecular formula is C21H24N4O. The zero-order chi connectivity index (χ0) is 17.9. The van der Waals surface area contributed by atoms with Crippen LogP contribution in [0.3, 0.4) is 0 Å². The standard InChI is InChI=1S/C21H24N4O/c1-2-11-24-12-4-3-7-19(24)21(26)25-13-8-16(9-14-25)18-15-23-20-17(18)6-5-10-22-20/h1,5-6,8,10,15,19H,3-4,7,9,11-14H2,(H,22,23). The number of carbonyl (C=O) groups is 1. The Morgan fingerprint density at radius 2 is 2.31 bits per heavy atom. The van der Waals surface area contributed by atoms with Crippen LogP contribution in [-0.2, 0) is 4.79 Å². The maximum atomic E-state index is 13.0. The molecule has 4 heterocycles. The number of terminal acetylenes is 1. The first-order valence-corrected chi connectivity index (χ1v) is 9.35. The van der Waals surface area contributed by atoms with Crippen molar-refractivity contribution in [1.29, 1.82) is 0 Å². The normalized spacial score (nSPS) is 21.4. The first kappa shape index (κ1) is 16.9. The van der Waals surface area contributed by atoms with Crippen molar-refractivity contribution in [3.63, 3.8) is 0 Å². The Hall–Kier alpha value is -2.58. The fourth-order valence-corrected chi connectivity index (χ4v) is 4.12. The van der Waals surface area contributed by atoms with Gasteiger partial charge in [0.1, 0.15) is 5.65 Å². The summed E-state index contributed by atoms with van der Waals surface area (Å²) in [4.78, 5) is 24.8. The maximum absolute atomic E-state index is 13.0. The number of hydrogen-bond acceptors (Lipinski definition) is 3. The number of aromatic amines is 1. The van der Waals surface area contributed by atoms with Crippen molar-refractivity contribution in [3.8, 4) is 12.3 Å². The van der Waals surface area contributed by atoms with Gasteiger partial charge in [-0.2, -0.15) is 0 Å². The van der Waals surface area contributed by atoms with Crippen LogP contribution in [0.4, 0.5) is 0 Å². The number of H-pyrrole nitrogens is 1. The summed E-state index contributed by atoms with van der Waals surface area (Å²) in [6.07, 6.45) is 15.5. The van der Waals surface area contributed by atoms with E-state index >= 15 is 0 Å². The van der Waals surface area contributed by atoms with Crippen LogP contribution in [0.2, 0.25) is 0 Å². The molecule has 0 bridgehead atoms. The van der Waals surface area contributed by atoms with Crippen molar-refractivity contribution in [2.45, 2.75) is 31.7 Å². The lowest BCUT2D eigenvalue weighted by Gasteiger charge is -2.37. The molecule has 1 unspecified atom stereocenters. The smallest absolute Gasteiger partial charge is 0.240 e. The van der Waals surface area contributed by atoms with E-state index in [0.29, 0.717) is 13.1 Å². The molecule has 2 aromatic rings. The molecule has 1 saturated heterocycles. The first-order valence-electron chi connectivity index (χ1n) is 9.35. The molecule has 0 saturated carbocycles. The fraction of sp³-hybridized carbons (Fsp3) is 0.429. The maximum Gasteiger partial charge on any atom is 0.240 e. The zero-order valence-electron chi connectivity index (χ0n) is 14.9.